The predicted octanol–water partition coefficient (Wildman–Crippen LogP) is -1.46. The number of hydrogen-bond acceptors (Lipinski definition) is 7. The summed E-state index contributed by atoms with van der Waals surface area (Å²) in [5, 5.41) is 44.4. The van der Waals surface area contributed by atoms with E-state index in [2.05, 4.69) is 5.32 Å². The van der Waals surface area contributed by atoms with Crippen LogP contribution in [-0.2, 0) is 0 Å². The first kappa shape index (κ1) is 18.7. The zero-order valence-corrected chi connectivity index (χ0v) is 12.4. The van der Waals surface area contributed by atoms with E-state index in [1.807, 2.05) is 0 Å². The molecule has 0 aromatic carbocycles. The van der Waals surface area contributed by atoms with Crippen molar-refractivity contribution in [1.29, 1.82) is 0 Å². The molecule has 19 heavy (non-hydrogen) atoms. The normalized spacial score (nSPS) is 13.6. The molecule has 0 saturated heterocycles. The highest BCUT2D eigenvalue weighted by molar-refractivity contribution is 4.77. The van der Waals surface area contributed by atoms with Gasteiger partial charge in [0.25, 0.3) is 0 Å². The van der Waals surface area contributed by atoms with E-state index in [9.17, 15) is 10.2 Å². The molecule has 116 valence electrons. The van der Waals surface area contributed by atoms with Crippen LogP contribution in [0.25, 0.3) is 0 Å². The van der Waals surface area contributed by atoms with Crippen molar-refractivity contribution in [2.45, 2.75) is 39.1 Å². The van der Waals surface area contributed by atoms with E-state index < -0.39 is 11.4 Å². The Balaban J connectivity index is 4.77. The zero-order chi connectivity index (χ0) is 15.1. The van der Waals surface area contributed by atoms with Crippen molar-refractivity contribution in [1.82, 2.24) is 15.3 Å². The Hall–Kier alpha value is -0.280. The van der Waals surface area contributed by atoms with Gasteiger partial charge >= 0.3 is 0 Å². The minimum Gasteiger partial charge on any atom is -0.395 e. The van der Waals surface area contributed by atoms with Gasteiger partial charge in [-0.05, 0) is 27.7 Å². The smallest absolute Gasteiger partial charge is 0.128 e. The molecule has 7 nitrogen and oxygen atoms in total. The molecule has 7 heteroatoms. The van der Waals surface area contributed by atoms with Crippen molar-refractivity contribution < 1.29 is 20.4 Å². The van der Waals surface area contributed by atoms with Crippen molar-refractivity contribution in [3.05, 3.63) is 0 Å². The van der Waals surface area contributed by atoms with Gasteiger partial charge in [0.1, 0.15) is 11.4 Å². The molecule has 0 atom stereocenters. The van der Waals surface area contributed by atoms with Gasteiger partial charge in [0.2, 0.25) is 0 Å². The second kappa shape index (κ2) is 8.11. The fourth-order valence-electron chi connectivity index (χ4n) is 2.20. The summed E-state index contributed by atoms with van der Waals surface area (Å²) in [6.45, 7) is 8.15. The third kappa shape index (κ3) is 7.17. The van der Waals surface area contributed by atoms with Crippen LogP contribution < -0.4 is 5.32 Å². The van der Waals surface area contributed by atoms with E-state index in [1.54, 1.807) is 32.7 Å². The molecule has 0 radical (unpaired) electrons. The molecule has 0 amide bonds. The van der Waals surface area contributed by atoms with E-state index in [1.165, 1.54) is 5.01 Å². The Morgan fingerprint density at radius 2 is 1.37 bits per heavy atom. The molecular formula is C12H29N3O4. The first-order valence-electron chi connectivity index (χ1n) is 6.57. The second-order valence-corrected chi connectivity index (χ2v) is 5.45. The minimum absolute atomic E-state index is 0.0563. The van der Waals surface area contributed by atoms with E-state index in [4.69, 9.17) is 10.2 Å². The van der Waals surface area contributed by atoms with Gasteiger partial charge < -0.3 is 25.7 Å². The first-order valence-corrected chi connectivity index (χ1v) is 6.57. The minimum atomic E-state index is -1.26. The molecule has 0 aliphatic carbocycles. The molecule has 0 fully saturated rings. The maximum absolute atomic E-state index is 10.2. The number of hydrazine groups is 1. The van der Waals surface area contributed by atoms with Crippen LogP contribution in [0.4, 0.5) is 0 Å². The Morgan fingerprint density at radius 1 is 0.842 bits per heavy atom. The van der Waals surface area contributed by atoms with Crippen LogP contribution in [0.3, 0.4) is 0 Å². The molecule has 0 aromatic rings. The Labute approximate surface area is 115 Å². The number of aliphatic hydroxyl groups is 4. The summed E-state index contributed by atoms with van der Waals surface area (Å²) in [5.41, 5.74) is -2.52. The molecule has 0 bridgehead atoms. The monoisotopic (exact) mass is 279 g/mol. The Bertz CT molecular complexity index is 224. The molecule has 0 rings (SSSR count). The SMILES string of the molecule is CC(C)(O)N(N(CCO)CCNCCO)C(C)(C)O. The maximum Gasteiger partial charge on any atom is 0.128 e. The number of aliphatic hydroxyl groups excluding tert-OH is 2. The van der Waals surface area contributed by atoms with Gasteiger partial charge in [-0.2, -0.15) is 5.01 Å². The largest absolute Gasteiger partial charge is 0.395 e. The van der Waals surface area contributed by atoms with Crippen molar-refractivity contribution in [2.24, 2.45) is 0 Å². The third-order valence-corrected chi connectivity index (χ3v) is 2.51. The van der Waals surface area contributed by atoms with Crippen molar-refractivity contribution >= 4 is 0 Å². The van der Waals surface area contributed by atoms with Gasteiger partial charge in [0.05, 0.1) is 13.2 Å². The Kier molecular flexibility index (Phi) is 7.99. The molecule has 5 N–H and O–H groups in total. The summed E-state index contributed by atoms with van der Waals surface area (Å²) >= 11 is 0. The number of rotatable bonds is 10. The summed E-state index contributed by atoms with van der Waals surface area (Å²) in [6, 6.07) is 0. The third-order valence-electron chi connectivity index (χ3n) is 2.51. The molecular weight excluding hydrogens is 250 g/mol. The predicted molar refractivity (Wildman–Crippen MR) is 73.0 cm³/mol. The topological polar surface area (TPSA) is 99.4 Å². The zero-order valence-electron chi connectivity index (χ0n) is 12.4. The highest BCUT2D eigenvalue weighted by Crippen LogP contribution is 2.23. The van der Waals surface area contributed by atoms with E-state index >= 15 is 0 Å². The second-order valence-electron chi connectivity index (χ2n) is 5.45. The molecule has 0 unspecified atom stereocenters. The summed E-state index contributed by atoms with van der Waals surface area (Å²) in [4.78, 5) is 0. The number of hydrogen-bond donors (Lipinski definition) is 5. The van der Waals surface area contributed by atoms with Gasteiger partial charge in [0, 0.05) is 26.2 Å². The fraction of sp³-hybridized carbons (Fsp3) is 1.00. The molecule has 0 aliphatic heterocycles. The average molecular weight is 279 g/mol. The van der Waals surface area contributed by atoms with Gasteiger partial charge in [-0.3, -0.25) is 0 Å². The van der Waals surface area contributed by atoms with Gasteiger partial charge in [0.15, 0.2) is 0 Å². The van der Waals surface area contributed by atoms with E-state index in [-0.39, 0.29) is 13.2 Å². The van der Waals surface area contributed by atoms with Gasteiger partial charge in [-0.1, -0.05) is 0 Å². The number of nitrogens with one attached hydrogen (secondary N) is 1. The van der Waals surface area contributed by atoms with Crippen LogP contribution in [0.1, 0.15) is 27.7 Å². The van der Waals surface area contributed by atoms with Crippen LogP contribution >= 0.6 is 0 Å². The lowest BCUT2D eigenvalue weighted by atomic mass is 10.2. The lowest BCUT2D eigenvalue weighted by Gasteiger charge is -2.48. The lowest BCUT2D eigenvalue weighted by molar-refractivity contribution is -0.295. The van der Waals surface area contributed by atoms with Crippen LogP contribution in [0.15, 0.2) is 0 Å². The number of nitrogens with zero attached hydrogens (tertiary/aromatic N) is 2. The van der Waals surface area contributed by atoms with Gasteiger partial charge in [-0.15, -0.1) is 0 Å². The quantitative estimate of drug-likeness (QED) is 0.189. The van der Waals surface area contributed by atoms with Crippen LogP contribution in [0, 0.1) is 0 Å². The van der Waals surface area contributed by atoms with Gasteiger partial charge in [-0.25, -0.2) is 5.01 Å². The standard InChI is InChI=1S/C12H29N3O4/c1-11(2,18)15(12(3,4)19)14(8-10-17)7-5-13-6-9-16/h13,16-19H,5-10H2,1-4H3. The molecule has 0 aliphatic rings. The average Bonchev–Trinajstić information content (AvgIpc) is 2.20. The molecule has 0 spiro atoms. The van der Waals surface area contributed by atoms with Crippen LogP contribution in [0.2, 0.25) is 0 Å². The summed E-state index contributed by atoms with van der Waals surface area (Å²) in [5.74, 6) is 0. The summed E-state index contributed by atoms with van der Waals surface area (Å²) in [7, 11) is 0. The highest BCUT2D eigenvalue weighted by atomic mass is 16.4. The van der Waals surface area contributed by atoms with E-state index in [0.29, 0.717) is 26.2 Å². The summed E-state index contributed by atoms with van der Waals surface area (Å²) in [6.07, 6.45) is 0. The van der Waals surface area contributed by atoms with Crippen molar-refractivity contribution in [3.8, 4) is 0 Å². The Morgan fingerprint density at radius 3 is 1.74 bits per heavy atom. The maximum atomic E-state index is 10.2. The highest BCUT2D eigenvalue weighted by Gasteiger charge is 2.39. The summed E-state index contributed by atoms with van der Waals surface area (Å²) < 4.78 is 0. The van der Waals surface area contributed by atoms with E-state index in [0.717, 1.165) is 0 Å². The van der Waals surface area contributed by atoms with Crippen molar-refractivity contribution in [2.75, 3.05) is 39.4 Å². The first-order chi connectivity index (χ1) is 8.64. The fourth-order valence-corrected chi connectivity index (χ4v) is 2.20. The molecule has 0 heterocycles. The van der Waals surface area contributed by atoms with Crippen LogP contribution in [0.5, 0.6) is 0 Å². The molecule has 0 saturated carbocycles. The van der Waals surface area contributed by atoms with Crippen LogP contribution in [-0.4, -0.2) is 81.3 Å². The lowest BCUT2D eigenvalue weighted by Crippen LogP contribution is -2.64. The molecule has 0 aromatic heterocycles. The van der Waals surface area contributed by atoms with Crippen molar-refractivity contribution in [3.63, 3.8) is 0 Å².